The quantitative estimate of drug-likeness (QED) is 0.651. The van der Waals surface area contributed by atoms with E-state index in [1.807, 2.05) is 0 Å². The summed E-state index contributed by atoms with van der Waals surface area (Å²) in [4.78, 5) is 21.1. The highest BCUT2D eigenvalue weighted by Gasteiger charge is 2.12. The van der Waals surface area contributed by atoms with E-state index in [1.54, 1.807) is 12.4 Å². The van der Waals surface area contributed by atoms with Gasteiger partial charge in [-0.1, -0.05) is 0 Å². The Morgan fingerprint density at radius 2 is 2.39 bits per heavy atom. The molecule has 0 radical (unpaired) electrons. The zero-order valence-electron chi connectivity index (χ0n) is 10.6. The minimum atomic E-state index is 0.100. The molecule has 0 saturated carbocycles. The topological polar surface area (TPSA) is 73.1 Å². The van der Waals surface area contributed by atoms with Gasteiger partial charge in [0.15, 0.2) is 0 Å². The zero-order chi connectivity index (χ0) is 12.6. The van der Waals surface area contributed by atoms with Crippen molar-refractivity contribution in [3.8, 4) is 0 Å². The number of amides is 1. The third-order valence-electron chi connectivity index (χ3n) is 3.04. The number of hydrogen-bond acceptors (Lipinski definition) is 4. The number of carbonyl (C=O) groups is 1. The van der Waals surface area contributed by atoms with Crippen LogP contribution in [0.15, 0.2) is 12.4 Å². The van der Waals surface area contributed by atoms with Crippen LogP contribution in [0, 0.1) is 0 Å². The first-order valence-corrected chi connectivity index (χ1v) is 6.52. The number of aromatic amines is 1. The van der Waals surface area contributed by atoms with Gasteiger partial charge in [0.05, 0.1) is 6.54 Å². The molecule has 6 heteroatoms. The Hall–Kier alpha value is -1.40. The van der Waals surface area contributed by atoms with Gasteiger partial charge in [0.25, 0.3) is 0 Å². The predicted octanol–water partition coefficient (Wildman–Crippen LogP) is -0.636. The lowest BCUT2D eigenvalue weighted by Crippen LogP contribution is -2.39. The molecular formula is C12H21N5O. The van der Waals surface area contributed by atoms with Gasteiger partial charge in [-0.15, -0.1) is 0 Å². The SMILES string of the molecule is O=C(CN1CCCNCC1)NCCc1ncc[nH]1. The highest BCUT2D eigenvalue weighted by Crippen LogP contribution is 1.94. The minimum absolute atomic E-state index is 0.100. The van der Waals surface area contributed by atoms with Crippen molar-refractivity contribution in [2.45, 2.75) is 12.8 Å². The largest absolute Gasteiger partial charge is 0.355 e. The van der Waals surface area contributed by atoms with Crippen LogP contribution < -0.4 is 10.6 Å². The van der Waals surface area contributed by atoms with Gasteiger partial charge < -0.3 is 15.6 Å². The molecule has 0 aliphatic carbocycles. The molecule has 100 valence electrons. The van der Waals surface area contributed by atoms with Crippen LogP contribution in [0.2, 0.25) is 0 Å². The van der Waals surface area contributed by atoms with E-state index in [0.717, 1.165) is 44.8 Å². The van der Waals surface area contributed by atoms with Crippen molar-refractivity contribution in [3.05, 3.63) is 18.2 Å². The van der Waals surface area contributed by atoms with E-state index >= 15 is 0 Å². The summed E-state index contributed by atoms with van der Waals surface area (Å²) < 4.78 is 0. The zero-order valence-corrected chi connectivity index (χ0v) is 10.6. The summed E-state index contributed by atoms with van der Waals surface area (Å²) in [6, 6.07) is 0. The lowest BCUT2D eigenvalue weighted by atomic mass is 10.3. The van der Waals surface area contributed by atoms with Crippen molar-refractivity contribution >= 4 is 5.91 Å². The standard InChI is InChI=1S/C12H21N5O/c18-12(10-17-8-1-3-13-7-9-17)16-4-2-11-14-5-6-15-11/h5-6,13H,1-4,7-10H2,(H,14,15)(H,16,18). The fourth-order valence-corrected chi connectivity index (χ4v) is 2.07. The Labute approximate surface area is 107 Å². The molecule has 1 aromatic heterocycles. The van der Waals surface area contributed by atoms with Crippen LogP contribution in [0.1, 0.15) is 12.2 Å². The molecule has 2 rings (SSSR count). The Balaban J connectivity index is 1.62. The monoisotopic (exact) mass is 251 g/mol. The maximum Gasteiger partial charge on any atom is 0.234 e. The Bertz CT molecular complexity index is 343. The number of nitrogens with one attached hydrogen (secondary N) is 3. The number of H-pyrrole nitrogens is 1. The van der Waals surface area contributed by atoms with E-state index in [-0.39, 0.29) is 5.91 Å². The van der Waals surface area contributed by atoms with Crippen molar-refractivity contribution in [1.29, 1.82) is 0 Å². The van der Waals surface area contributed by atoms with E-state index in [1.165, 1.54) is 0 Å². The second-order valence-corrected chi connectivity index (χ2v) is 4.52. The first-order valence-electron chi connectivity index (χ1n) is 6.52. The summed E-state index contributed by atoms with van der Waals surface area (Å²) in [6.45, 7) is 5.11. The highest BCUT2D eigenvalue weighted by atomic mass is 16.2. The van der Waals surface area contributed by atoms with E-state index in [4.69, 9.17) is 0 Å². The molecule has 0 atom stereocenters. The fraction of sp³-hybridized carbons (Fsp3) is 0.667. The molecule has 1 saturated heterocycles. The van der Waals surface area contributed by atoms with Gasteiger partial charge >= 0.3 is 0 Å². The number of hydrogen-bond donors (Lipinski definition) is 3. The summed E-state index contributed by atoms with van der Waals surface area (Å²) in [5.74, 6) is 1.01. The van der Waals surface area contributed by atoms with Crippen LogP contribution in [0.3, 0.4) is 0 Å². The summed E-state index contributed by atoms with van der Waals surface area (Å²) in [6.07, 6.45) is 5.38. The molecule has 2 heterocycles. The summed E-state index contributed by atoms with van der Waals surface area (Å²) in [7, 11) is 0. The molecule has 6 nitrogen and oxygen atoms in total. The number of nitrogens with zero attached hydrogens (tertiary/aromatic N) is 2. The predicted molar refractivity (Wildman–Crippen MR) is 69.2 cm³/mol. The van der Waals surface area contributed by atoms with E-state index in [0.29, 0.717) is 13.1 Å². The molecule has 0 spiro atoms. The first-order chi connectivity index (χ1) is 8.84. The number of carbonyl (C=O) groups excluding carboxylic acids is 1. The van der Waals surface area contributed by atoms with Crippen molar-refractivity contribution in [2.75, 3.05) is 39.3 Å². The van der Waals surface area contributed by atoms with Crippen LogP contribution in [-0.4, -0.2) is 60.0 Å². The highest BCUT2D eigenvalue weighted by molar-refractivity contribution is 5.77. The lowest BCUT2D eigenvalue weighted by molar-refractivity contribution is -0.122. The fourth-order valence-electron chi connectivity index (χ4n) is 2.07. The van der Waals surface area contributed by atoms with Crippen LogP contribution in [0.4, 0.5) is 0 Å². The molecule has 1 amide bonds. The van der Waals surface area contributed by atoms with Crippen LogP contribution in [0.25, 0.3) is 0 Å². The maximum absolute atomic E-state index is 11.7. The summed E-state index contributed by atoms with van der Waals surface area (Å²) in [5.41, 5.74) is 0. The van der Waals surface area contributed by atoms with Crippen molar-refractivity contribution < 1.29 is 4.79 Å². The van der Waals surface area contributed by atoms with Crippen LogP contribution in [-0.2, 0) is 11.2 Å². The number of rotatable bonds is 5. The normalized spacial score (nSPS) is 17.3. The Morgan fingerprint density at radius 1 is 1.44 bits per heavy atom. The van der Waals surface area contributed by atoms with Gasteiger partial charge in [-0.2, -0.15) is 0 Å². The van der Waals surface area contributed by atoms with Gasteiger partial charge in [0.2, 0.25) is 5.91 Å². The molecule has 0 unspecified atom stereocenters. The van der Waals surface area contributed by atoms with Crippen molar-refractivity contribution in [2.24, 2.45) is 0 Å². The summed E-state index contributed by atoms with van der Waals surface area (Å²) >= 11 is 0. The number of imidazole rings is 1. The Kier molecular flexibility index (Phi) is 5.16. The third kappa shape index (κ3) is 4.46. The van der Waals surface area contributed by atoms with Gasteiger partial charge in [0.1, 0.15) is 5.82 Å². The molecule has 1 aliphatic rings. The third-order valence-corrected chi connectivity index (χ3v) is 3.04. The van der Waals surface area contributed by atoms with Crippen LogP contribution >= 0.6 is 0 Å². The number of aromatic nitrogens is 2. The Morgan fingerprint density at radius 3 is 3.22 bits per heavy atom. The molecule has 1 aromatic rings. The average Bonchev–Trinajstić information content (AvgIpc) is 2.74. The van der Waals surface area contributed by atoms with E-state index in [9.17, 15) is 4.79 Å². The van der Waals surface area contributed by atoms with Gasteiger partial charge in [-0.05, 0) is 19.5 Å². The van der Waals surface area contributed by atoms with Crippen molar-refractivity contribution in [1.82, 2.24) is 25.5 Å². The second kappa shape index (κ2) is 7.13. The van der Waals surface area contributed by atoms with Crippen molar-refractivity contribution in [3.63, 3.8) is 0 Å². The lowest BCUT2D eigenvalue weighted by Gasteiger charge is -2.18. The average molecular weight is 251 g/mol. The van der Waals surface area contributed by atoms with Gasteiger partial charge in [-0.3, -0.25) is 9.69 Å². The maximum atomic E-state index is 11.7. The molecule has 0 aromatic carbocycles. The smallest absolute Gasteiger partial charge is 0.234 e. The molecule has 18 heavy (non-hydrogen) atoms. The minimum Gasteiger partial charge on any atom is -0.355 e. The first kappa shape index (κ1) is 13.0. The molecular weight excluding hydrogens is 230 g/mol. The molecule has 3 N–H and O–H groups in total. The van der Waals surface area contributed by atoms with Crippen LogP contribution in [0.5, 0.6) is 0 Å². The second-order valence-electron chi connectivity index (χ2n) is 4.52. The van der Waals surface area contributed by atoms with E-state index in [2.05, 4.69) is 25.5 Å². The van der Waals surface area contributed by atoms with E-state index < -0.39 is 0 Å². The molecule has 0 bridgehead atoms. The molecule has 1 aliphatic heterocycles. The summed E-state index contributed by atoms with van der Waals surface area (Å²) in [5, 5.41) is 6.25. The van der Waals surface area contributed by atoms with Gasteiger partial charge in [0, 0.05) is 38.4 Å². The molecule has 1 fully saturated rings. The van der Waals surface area contributed by atoms with Gasteiger partial charge in [-0.25, -0.2) is 4.98 Å².